The number of amides is 1. The number of aryl methyl sites for hydroxylation is 1. The summed E-state index contributed by atoms with van der Waals surface area (Å²) < 4.78 is 5.08. The summed E-state index contributed by atoms with van der Waals surface area (Å²) in [7, 11) is 1.73. The smallest absolute Gasteiger partial charge is 0.242 e. The fraction of sp³-hybridized carbons (Fsp3) is 0.500. The predicted molar refractivity (Wildman–Crippen MR) is 86.0 cm³/mol. The van der Waals surface area contributed by atoms with Crippen molar-refractivity contribution in [2.75, 3.05) is 7.11 Å². The number of ether oxygens (including phenoxy) is 1. The van der Waals surface area contributed by atoms with Gasteiger partial charge in [0.25, 0.3) is 0 Å². The Labute approximate surface area is 129 Å². The van der Waals surface area contributed by atoms with E-state index in [1.54, 1.807) is 18.9 Å². The normalized spacial score (nSPS) is 30.9. The number of carbonyl (C=O) groups excluding carboxylic acids is 1. The number of nitrogens with zero attached hydrogens (tertiary/aromatic N) is 1. The lowest BCUT2D eigenvalue weighted by Crippen LogP contribution is -2.42. The van der Waals surface area contributed by atoms with Crippen molar-refractivity contribution < 1.29 is 9.53 Å². The van der Waals surface area contributed by atoms with Crippen molar-refractivity contribution in [2.24, 2.45) is 4.99 Å². The highest BCUT2D eigenvalue weighted by molar-refractivity contribution is 8.16. The van der Waals surface area contributed by atoms with E-state index < -0.39 is 0 Å². The zero-order chi connectivity index (χ0) is 14.9. The van der Waals surface area contributed by atoms with Crippen LogP contribution in [0.2, 0.25) is 0 Å². The Morgan fingerprint density at radius 1 is 1.43 bits per heavy atom. The van der Waals surface area contributed by atoms with Crippen molar-refractivity contribution in [3.63, 3.8) is 0 Å². The number of amidine groups is 1. The van der Waals surface area contributed by atoms with Crippen LogP contribution in [0, 0.1) is 6.92 Å². The molecule has 21 heavy (non-hydrogen) atoms. The molecule has 1 heterocycles. The fourth-order valence-electron chi connectivity index (χ4n) is 3.00. The molecule has 1 saturated carbocycles. The lowest BCUT2D eigenvalue weighted by molar-refractivity contribution is -0.123. The number of benzene rings is 1. The van der Waals surface area contributed by atoms with Crippen molar-refractivity contribution in [2.45, 2.75) is 43.5 Å². The Morgan fingerprint density at radius 3 is 3.00 bits per heavy atom. The first-order valence-corrected chi connectivity index (χ1v) is 8.12. The summed E-state index contributed by atoms with van der Waals surface area (Å²) >= 11 is 1.57. The third-order valence-electron chi connectivity index (χ3n) is 4.26. The molecule has 1 aromatic rings. The van der Waals surface area contributed by atoms with Gasteiger partial charge in [0.2, 0.25) is 5.91 Å². The fourth-order valence-corrected chi connectivity index (χ4v) is 4.32. The Morgan fingerprint density at radius 2 is 2.24 bits per heavy atom. The zero-order valence-corrected chi connectivity index (χ0v) is 13.2. The first-order valence-electron chi connectivity index (χ1n) is 7.30. The Hall–Kier alpha value is -1.33. The SMILES string of the molecule is COC1CCCC2(C1)SC(=Nc1ccccc1C)NC2=O. The first kappa shape index (κ1) is 14.6. The van der Waals surface area contributed by atoms with E-state index in [0.717, 1.165) is 36.9 Å². The van der Waals surface area contributed by atoms with Gasteiger partial charge in [-0.15, -0.1) is 0 Å². The van der Waals surface area contributed by atoms with Gasteiger partial charge >= 0.3 is 0 Å². The van der Waals surface area contributed by atoms with Gasteiger partial charge in [-0.3, -0.25) is 4.79 Å². The lowest BCUT2D eigenvalue weighted by Gasteiger charge is -2.33. The number of aliphatic imine (C=N–C) groups is 1. The Bertz CT molecular complexity index is 587. The zero-order valence-electron chi connectivity index (χ0n) is 12.4. The molecule has 1 saturated heterocycles. The minimum atomic E-state index is -0.388. The maximum atomic E-state index is 12.4. The van der Waals surface area contributed by atoms with Crippen LogP contribution in [0.15, 0.2) is 29.3 Å². The minimum absolute atomic E-state index is 0.0848. The van der Waals surface area contributed by atoms with Crippen LogP contribution in [0.4, 0.5) is 5.69 Å². The summed E-state index contributed by atoms with van der Waals surface area (Å²) in [6, 6.07) is 7.95. The third-order valence-corrected chi connectivity index (χ3v) is 5.59. The number of nitrogens with one attached hydrogen (secondary N) is 1. The molecule has 2 atom stereocenters. The van der Waals surface area contributed by atoms with Crippen molar-refractivity contribution in [3.05, 3.63) is 29.8 Å². The van der Waals surface area contributed by atoms with E-state index in [2.05, 4.69) is 10.3 Å². The van der Waals surface area contributed by atoms with Crippen molar-refractivity contribution in [1.29, 1.82) is 0 Å². The van der Waals surface area contributed by atoms with Crippen molar-refractivity contribution in [3.8, 4) is 0 Å². The van der Waals surface area contributed by atoms with E-state index in [0.29, 0.717) is 5.17 Å². The van der Waals surface area contributed by atoms with E-state index in [-0.39, 0.29) is 16.8 Å². The number of methoxy groups -OCH3 is 1. The van der Waals surface area contributed by atoms with Gasteiger partial charge in [0.1, 0.15) is 4.75 Å². The minimum Gasteiger partial charge on any atom is -0.381 e. The van der Waals surface area contributed by atoms with Gasteiger partial charge < -0.3 is 10.1 Å². The van der Waals surface area contributed by atoms with Gasteiger partial charge in [-0.2, -0.15) is 0 Å². The molecule has 2 aliphatic rings. The van der Waals surface area contributed by atoms with E-state index in [1.807, 2.05) is 31.2 Å². The van der Waals surface area contributed by atoms with Gasteiger partial charge in [-0.25, -0.2) is 4.99 Å². The third kappa shape index (κ3) is 2.85. The van der Waals surface area contributed by atoms with Crippen LogP contribution in [0.1, 0.15) is 31.2 Å². The molecule has 5 heteroatoms. The summed E-state index contributed by atoms with van der Waals surface area (Å²) in [5, 5.41) is 3.67. The molecule has 0 bridgehead atoms. The number of hydrogen-bond acceptors (Lipinski definition) is 4. The van der Waals surface area contributed by atoms with Crippen LogP contribution < -0.4 is 5.32 Å². The Kier molecular flexibility index (Phi) is 4.04. The monoisotopic (exact) mass is 304 g/mol. The molecule has 2 fully saturated rings. The van der Waals surface area contributed by atoms with Crippen molar-refractivity contribution in [1.82, 2.24) is 5.32 Å². The van der Waals surface area contributed by atoms with E-state index in [4.69, 9.17) is 4.74 Å². The second-order valence-electron chi connectivity index (χ2n) is 5.71. The van der Waals surface area contributed by atoms with Crippen LogP contribution in [0.3, 0.4) is 0 Å². The van der Waals surface area contributed by atoms with Gasteiger partial charge in [0.05, 0.1) is 11.8 Å². The summed E-state index contributed by atoms with van der Waals surface area (Å²) in [4.78, 5) is 17.0. The number of hydrogen-bond donors (Lipinski definition) is 1. The van der Waals surface area contributed by atoms with Crippen LogP contribution in [0.25, 0.3) is 0 Å². The largest absolute Gasteiger partial charge is 0.381 e. The molecule has 0 radical (unpaired) electrons. The van der Waals surface area contributed by atoms with Crippen LogP contribution in [-0.2, 0) is 9.53 Å². The van der Waals surface area contributed by atoms with Crippen molar-refractivity contribution >= 4 is 28.5 Å². The molecule has 1 aliphatic carbocycles. The molecular formula is C16H20N2O2S. The predicted octanol–water partition coefficient (Wildman–Crippen LogP) is 3.17. The van der Waals surface area contributed by atoms with E-state index in [9.17, 15) is 4.79 Å². The highest BCUT2D eigenvalue weighted by Crippen LogP contribution is 2.45. The Balaban J connectivity index is 1.83. The van der Waals surface area contributed by atoms with Gasteiger partial charge in [-0.05, 0) is 44.2 Å². The standard InChI is InChI=1S/C16H20N2O2S/c1-11-6-3-4-8-13(11)17-15-18-14(19)16(21-15)9-5-7-12(10-16)20-2/h3-4,6,8,12H,5,7,9-10H2,1-2H3,(H,17,18,19). The molecule has 1 aromatic carbocycles. The molecule has 1 N–H and O–H groups in total. The first-order chi connectivity index (χ1) is 10.1. The molecule has 3 rings (SSSR count). The van der Waals surface area contributed by atoms with E-state index in [1.165, 1.54) is 0 Å². The topological polar surface area (TPSA) is 50.7 Å². The quantitative estimate of drug-likeness (QED) is 0.913. The molecule has 2 unspecified atom stereocenters. The molecule has 1 aliphatic heterocycles. The number of carbonyl (C=O) groups is 1. The molecule has 112 valence electrons. The number of rotatable bonds is 2. The molecule has 4 nitrogen and oxygen atoms in total. The summed E-state index contributed by atoms with van der Waals surface area (Å²) in [5.74, 6) is 0.0848. The van der Waals surface area contributed by atoms with E-state index >= 15 is 0 Å². The second-order valence-corrected chi connectivity index (χ2v) is 7.08. The average molecular weight is 304 g/mol. The van der Waals surface area contributed by atoms with Crippen LogP contribution in [-0.4, -0.2) is 29.0 Å². The molecule has 0 aromatic heterocycles. The molecule has 1 spiro atoms. The summed E-state index contributed by atoms with van der Waals surface area (Å²) in [6.07, 6.45) is 3.91. The summed E-state index contributed by atoms with van der Waals surface area (Å²) in [6.45, 7) is 2.03. The molecule has 1 amide bonds. The van der Waals surface area contributed by atoms with Gasteiger partial charge in [0, 0.05) is 7.11 Å². The van der Waals surface area contributed by atoms with Crippen LogP contribution >= 0.6 is 11.8 Å². The second kappa shape index (κ2) is 5.81. The highest BCUT2D eigenvalue weighted by atomic mass is 32.2. The van der Waals surface area contributed by atoms with Gasteiger partial charge in [0.15, 0.2) is 5.17 Å². The van der Waals surface area contributed by atoms with Crippen LogP contribution in [0.5, 0.6) is 0 Å². The average Bonchev–Trinajstić information content (AvgIpc) is 2.77. The maximum absolute atomic E-state index is 12.4. The van der Waals surface area contributed by atoms with Gasteiger partial charge in [-0.1, -0.05) is 30.0 Å². The highest BCUT2D eigenvalue weighted by Gasteiger charge is 2.49. The maximum Gasteiger partial charge on any atom is 0.242 e. The lowest BCUT2D eigenvalue weighted by atomic mass is 9.85. The molecular weight excluding hydrogens is 284 g/mol. The number of thioether (sulfide) groups is 1. The number of para-hydroxylation sites is 1. The summed E-state index contributed by atoms with van der Waals surface area (Å²) in [5.41, 5.74) is 2.02.